The van der Waals surface area contributed by atoms with E-state index in [0.717, 1.165) is 5.56 Å². The van der Waals surface area contributed by atoms with E-state index in [4.69, 9.17) is 16.3 Å². The number of hydrogen-bond donors (Lipinski definition) is 1. The maximum atomic E-state index is 12.2. The number of nitrogens with zero attached hydrogens (tertiary/aromatic N) is 1. The summed E-state index contributed by atoms with van der Waals surface area (Å²) in [4.78, 5) is 12.2. The molecule has 0 unspecified atom stereocenters. The van der Waals surface area contributed by atoms with Crippen LogP contribution in [0.3, 0.4) is 0 Å². The quantitative estimate of drug-likeness (QED) is 0.676. The molecule has 1 N–H and O–H groups in total. The third-order valence-electron chi connectivity index (χ3n) is 3.20. The van der Waals surface area contributed by atoms with Crippen LogP contribution in [0, 0.1) is 18.3 Å². The topological polar surface area (TPSA) is 62.1 Å². The standard InChI is InChI=1S/C18H15ClN2O2/c1-12-6-7-15(10-17(12)19)21-18(22)14(11-20)8-13-4-3-5-16(9-13)23-2/h3-10H,1-2H3,(H,21,22)/b14-8+. The van der Waals surface area contributed by atoms with Crippen molar-refractivity contribution < 1.29 is 9.53 Å². The number of rotatable bonds is 4. The summed E-state index contributed by atoms with van der Waals surface area (Å²) in [7, 11) is 1.56. The fraction of sp³-hybridized carbons (Fsp3) is 0.111. The number of carbonyl (C=O) groups excluding carboxylic acids is 1. The summed E-state index contributed by atoms with van der Waals surface area (Å²) >= 11 is 6.03. The highest BCUT2D eigenvalue weighted by Gasteiger charge is 2.10. The number of amides is 1. The molecule has 0 spiro atoms. The molecule has 2 rings (SSSR count). The van der Waals surface area contributed by atoms with Gasteiger partial charge in [0.2, 0.25) is 0 Å². The molecule has 0 saturated heterocycles. The summed E-state index contributed by atoms with van der Waals surface area (Å²) in [6.45, 7) is 1.87. The van der Waals surface area contributed by atoms with Crippen LogP contribution in [0.2, 0.25) is 5.02 Å². The van der Waals surface area contributed by atoms with Crippen molar-refractivity contribution in [2.45, 2.75) is 6.92 Å². The van der Waals surface area contributed by atoms with E-state index in [0.29, 0.717) is 22.0 Å². The predicted molar refractivity (Wildman–Crippen MR) is 91.4 cm³/mol. The van der Waals surface area contributed by atoms with Gasteiger partial charge in [0.1, 0.15) is 17.4 Å². The Bertz CT molecular complexity index is 807. The van der Waals surface area contributed by atoms with Crippen LogP contribution >= 0.6 is 11.6 Å². The summed E-state index contributed by atoms with van der Waals surface area (Å²) in [6.07, 6.45) is 1.51. The first-order chi connectivity index (χ1) is 11.0. The maximum Gasteiger partial charge on any atom is 0.266 e. The molecule has 5 heteroatoms. The summed E-state index contributed by atoms with van der Waals surface area (Å²) in [5.74, 6) is 0.164. The Balaban J connectivity index is 2.22. The maximum absolute atomic E-state index is 12.2. The Morgan fingerprint density at radius 2 is 2.09 bits per heavy atom. The van der Waals surface area contributed by atoms with Crippen molar-refractivity contribution in [3.05, 3.63) is 64.2 Å². The second-order valence-corrected chi connectivity index (χ2v) is 5.27. The lowest BCUT2D eigenvalue weighted by Crippen LogP contribution is -2.13. The zero-order chi connectivity index (χ0) is 16.8. The molecular weight excluding hydrogens is 312 g/mol. The van der Waals surface area contributed by atoms with Crippen molar-refractivity contribution in [2.75, 3.05) is 12.4 Å². The van der Waals surface area contributed by atoms with E-state index in [1.54, 1.807) is 49.6 Å². The minimum atomic E-state index is -0.491. The Hall–Kier alpha value is -2.77. The van der Waals surface area contributed by atoms with Crippen molar-refractivity contribution in [2.24, 2.45) is 0 Å². The van der Waals surface area contributed by atoms with E-state index >= 15 is 0 Å². The fourth-order valence-electron chi connectivity index (χ4n) is 1.92. The molecule has 0 heterocycles. The molecule has 1 amide bonds. The molecule has 0 radical (unpaired) electrons. The second-order valence-electron chi connectivity index (χ2n) is 4.86. The van der Waals surface area contributed by atoms with E-state index in [1.165, 1.54) is 6.08 Å². The van der Waals surface area contributed by atoms with Gasteiger partial charge in [-0.05, 0) is 48.4 Å². The molecule has 0 fully saturated rings. The van der Waals surface area contributed by atoms with E-state index in [2.05, 4.69) is 5.32 Å². The first kappa shape index (κ1) is 16.6. The van der Waals surface area contributed by atoms with Gasteiger partial charge in [0, 0.05) is 10.7 Å². The van der Waals surface area contributed by atoms with Crippen molar-refractivity contribution in [3.8, 4) is 11.8 Å². The van der Waals surface area contributed by atoms with Crippen LogP contribution in [0.4, 0.5) is 5.69 Å². The number of benzene rings is 2. The summed E-state index contributed by atoms with van der Waals surface area (Å²) in [6, 6.07) is 14.2. The lowest BCUT2D eigenvalue weighted by Gasteiger charge is -2.06. The molecule has 23 heavy (non-hydrogen) atoms. The average Bonchev–Trinajstić information content (AvgIpc) is 2.56. The van der Waals surface area contributed by atoms with Gasteiger partial charge in [-0.1, -0.05) is 29.8 Å². The number of aryl methyl sites for hydroxylation is 1. The molecular formula is C18H15ClN2O2. The summed E-state index contributed by atoms with van der Waals surface area (Å²) in [5, 5.41) is 12.4. The molecule has 0 saturated carbocycles. The van der Waals surface area contributed by atoms with Gasteiger partial charge in [-0.2, -0.15) is 5.26 Å². The van der Waals surface area contributed by atoms with E-state index in [1.807, 2.05) is 13.0 Å². The zero-order valence-corrected chi connectivity index (χ0v) is 13.5. The van der Waals surface area contributed by atoms with Crippen LogP contribution in [-0.4, -0.2) is 13.0 Å². The Morgan fingerprint density at radius 1 is 1.30 bits per heavy atom. The molecule has 0 bridgehead atoms. The molecule has 116 valence electrons. The normalized spacial score (nSPS) is 10.8. The van der Waals surface area contributed by atoms with Crippen LogP contribution in [0.25, 0.3) is 6.08 Å². The fourth-order valence-corrected chi connectivity index (χ4v) is 2.10. The highest BCUT2D eigenvalue weighted by Crippen LogP contribution is 2.21. The third kappa shape index (κ3) is 4.35. The van der Waals surface area contributed by atoms with Crippen molar-refractivity contribution >= 4 is 29.3 Å². The van der Waals surface area contributed by atoms with E-state index in [-0.39, 0.29) is 5.57 Å². The Labute approximate surface area is 140 Å². The smallest absolute Gasteiger partial charge is 0.266 e. The van der Waals surface area contributed by atoms with Crippen LogP contribution in [-0.2, 0) is 4.79 Å². The van der Waals surface area contributed by atoms with Crippen molar-refractivity contribution in [1.82, 2.24) is 0 Å². The lowest BCUT2D eigenvalue weighted by molar-refractivity contribution is -0.112. The molecule has 0 aromatic heterocycles. The lowest BCUT2D eigenvalue weighted by atomic mass is 10.1. The second kappa shape index (κ2) is 7.48. The Kier molecular flexibility index (Phi) is 5.40. The highest BCUT2D eigenvalue weighted by atomic mass is 35.5. The van der Waals surface area contributed by atoms with E-state index < -0.39 is 5.91 Å². The zero-order valence-electron chi connectivity index (χ0n) is 12.8. The van der Waals surface area contributed by atoms with Crippen LogP contribution in [0.15, 0.2) is 48.0 Å². The highest BCUT2D eigenvalue weighted by molar-refractivity contribution is 6.31. The number of hydrogen-bond acceptors (Lipinski definition) is 3. The monoisotopic (exact) mass is 326 g/mol. The molecule has 0 atom stereocenters. The number of methoxy groups -OCH3 is 1. The van der Waals surface area contributed by atoms with Gasteiger partial charge < -0.3 is 10.1 Å². The number of carbonyl (C=O) groups is 1. The number of halogens is 1. The SMILES string of the molecule is COc1cccc(/C=C(\C#N)C(=O)Nc2ccc(C)c(Cl)c2)c1. The van der Waals surface area contributed by atoms with Crippen LogP contribution < -0.4 is 10.1 Å². The van der Waals surface area contributed by atoms with Gasteiger partial charge in [-0.15, -0.1) is 0 Å². The number of nitrogens with one attached hydrogen (secondary N) is 1. The van der Waals surface area contributed by atoms with Crippen LogP contribution in [0.1, 0.15) is 11.1 Å². The van der Waals surface area contributed by atoms with Gasteiger partial charge in [0.15, 0.2) is 0 Å². The van der Waals surface area contributed by atoms with Gasteiger partial charge in [-0.25, -0.2) is 0 Å². The van der Waals surface area contributed by atoms with Crippen molar-refractivity contribution in [3.63, 3.8) is 0 Å². The summed E-state index contributed by atoms with van der Waals surface area (Å²) in [5.41, 5.74) is 2.16. The largest absolute Gasteiger partial charge is 0.497 e. The van der Waals surface area contributed by atoms with E-state index in [9.17, 15) is 10.1 Å². The summed E-state index contributed by atoms with van der Waals surface area (Å²) < 4.78 is 5.12. The van der Waals surface area contributed by atoms with Gasteiger partial charge in [-0.3, -0.25) is 4.79 Å². The van der Waals surface area contributed by atoms with Gasteiger partial charge in [0.25, 0.3) is 5.91 Å². The average molecular weight is 327 g/mol. The molecule has 0 aliphatic carbocycles. The van der Waals surface area contributed by atoms with Crippen molar-refractivity contribution in [1.29, 1.82) is 5.26 Å². The third-order valence-corrected chi connectivity index (χ3v) is 3.61. The Morgan fingerprint density at radius 3 is 2.74 bits per heavy atom. The first-order valence-corrected chi connectivity index (χ1v) is 7.24. The predicted octanol–water partition coefficient (Wildman–Crippen LogP) is 4.20. The van der Waals surface area contributed by atoms with Gasteiger partial charge in [0.05, 0.1) is 7.11 Å². The molecule has 2 aromatic rings. The molecule has 2 aromatic carbocycles. The minimum absolute atomic E-state index is 0.00468. The molecule has 0 aliphatic heterocycles. The number of anilines is 1. The number of ether oxygens (including phenoxy) is 1. The molecule has 4 nitrogen and oxygen atoms in total. The number of nitriles is 1. The van der Waals surface area contributed by atoms with Crippen LogP contribution in [0.5, 0.6) is 5.75 Å². The van der Waals surface area contributed by atoms with Gasteiger partial charge >= 0.3 is 0 Å². The first-order valence-electron chi connectivity index (χ1n) is 6.87. The minimum Gasteiger partial charge on any atom is -0.497 e. The molecule has 0 aliphatic rings.